The predicted molar refractivity (Wildman–Crippen MR) is 115 cm³/mol. The Morgan fingerprint density at radius 2 is 1.74 bits per heavy atom. The highest BCUT2D eigenvalue weighted by Gasteiger charge is 2.22. The zero-order chi connectivity index (χ0) is 22.8. The second-order valence-corrected chi connectivity index (χ2v) is 6.33. The molecule has 0 aromatic heterocycles. The minimum absolute atomic E-state index is 0.0107. The van der Waals surface area contributed by atoms with E-state index in [1.165, 1.54) is 33.6 Å². The molecule has 0 heterocycles. The van der Waals surface area contributed by atoms with E-state index in [1.807, 2.05) is 0 Å². The van der Waals surface area contributed by atoms with E-state index < -0.39 is 17.9 Å². The van der Waals surface area contributed by atoms with Crippen LogP contribution >= 0.6 is 0 Å². The topological polar surface area (TPSA) is 91.1 Å². The zero-order valence-corrected chi connectivity index (χ0v) is 18.0. The molecule has 164 valence electrons. The van der Waals surface area contributed by atoms with Crippen LogP contribution in [0.3, 0.4) is 0 Å². The van der Waals surface area contributed by atoms with E-state index in [2.05, 4.69) is 15.5 Å². The number of nitrogens with zero attached hydrogens (tertiary/aromatic N) is 3. The standard InChI is InChI=1S/C22H24FN3O5/c1-14-10-11-18(19(23)12-14)20(25-29-4)13-24-31-15(2)16-8-6-7-9-17(16)21(26-30-5)22(27)28-3/h6-13,15H,1-5H3. The lowest BCUT2D eigenvalue weighted by Crippen LogP contribution is -2.20. The zero-order valence-electron chi connectivity index (χ0n) is 18.0. The van der Waals surface area contributed by atoms with E-state index >= 15 is 0 Å². The molecule has 0 aliphatic heterocycles. The summed E-state index contributed by atoms with van der Waals surface area (Å²) in [4.78, 5) is 27.2. The first-order chi connectivity index (χ1) is 14.9. The van der Waals surface area contributed by atoms with Crippen molar-refractivity contribution in [3.05, 3.63) is 70.5 Å². The molecule has 9 heteroatoms. The highest BCUT2D eigenvalue weighted by atomic mass is 19.1. The lowest BCUT2D eigenvalue weighted by molar-refractivity contribution is -0.132. The van der Waals surface area contributed by atoms with Crippen LogP contribution < -0.4 is 0 Å². The summed E-state index contributed by atoms with van der Waals surface area (Å²) in [7, 11) is 3.93. The number of hydrogen-bond donors (Lipinski definition) is 0. The lowest BCUT2D eigenvalue weighted by atomic mass is 9.99. The Balaban J connectivity index is 2.28. The van der Waals surface area contributed by atoms with Gasteiger partial charge in [0.05, 0.1) is 13.3 Å². The molecule has 0 bridgehead atoms. The number of carbonyl (C=O) groups is 1. The summed E-state index contributed by atoms with van der Waals surface area (Å²) in [6.45, 7) is 3.52. The lowest BCUT2D eigenvalue weighted by Gasteiger charge is -2.15. The third kappa shape index (κ3) is 6.11. The highest BCUT2D eigenvalue weighted by Crippen LogP contribution is 2.23. The van der Waals surface area contributed by atoms with Crippen LogP contribution in [0.25, 0.3) is 0 Å². The van der Waals surface area contributed by atoms with Crippen LogP contribution in [0.1, 0.15) is 35.3 Å². The first kappa shape index (κ1) is 23.5. The highest BCUT2D eigenvalue weighted by molar-refractivity contribution is 6.43. The first-order valence-electron chi connectivity index (χ1n) is 9.28. The van der Waals surface area contributed by atoms with Crippen LogP contribution in [0.5, 0.6) is 0 Å². The van der Waals surface area contributed by atoms with Crippen molar-refractivity contribution in [1.29, 1.82) is 0 Å². The molecule has 2 aromatic rings. The number of halogens is 1. The number of ether oxygens (including phenoxy) is 1. The summed E-state index contributed by atoms with van der Waals surface area (Å²) >= 11 is 0. The van der Waals surface area contributed by atoms with E-state index in [4.69, 9.17) is 19.2 Å². The molecular weight excluding hydrogens is 405 g/mol. The third-order valence-electron chi connectivity index (χ3n) is 4.20. The molecule has 0 aliphatic rings. The van der Waals surface area contributed by atoms with Gasteiger partial charge in [-0.2, -0.15) is 0 Å². The van der Waals surface area contributed by atoms with Crippen molar-refractivity contribution in [3.8, 4) is 0 Å². The molecule has 0 amide bonds. The number of hydrogen-bond acceptors (Lipinski definition) is 8. The largest absolute Gasteiger partial charge is 0.464 e. The second kappa shape index (κ2) is 11.4. The minimum Gasteiger partial charge on any atom is -0.464 e. The molecule has 0 spiro atoms. The van der Waals surface area contributed by atoms with Crippen LogP contribution in [0, 0.1) is 12.7 Å². The van der Waals surface area contributed by atoms with Gasteiger partial charge in [-0.25, -0.2) is 9.18 Å². The van der Waals surface area contributed by atoms with Gasteiger partial charge in [-0.3, -0.25) is 0 Å². The smallest absolute Gasteiger partial charge is 0.360 e. The Hall–Kier alpha value is -3.75. The van der Waals surface area contributed by atoms with Gasteiger partial charge in [0.25, 0.3) is 0 Å². The van der Waals surface area contributed by atoms with Gasteiger partial charge >= 0.3 is 5.97 Å². The average Bonchev–Trinajstić information content (AvgIpc) is 2.76. The van der Waals surface area contributed by atoms with Crippen molar-refractivity contribution in [2.45, 2.75) is 20.0 Å². The van der Waals surface area contributed by atoms with Crippen molar-refractivity contribution < 1.29 is 28.4 Å². The molecule has 1 atom stereocenters. The molecular formula is C22H24FN3O5. The van der Waals surface area contributed by atoms with Crippen molar-refractivity contribution in [2.75, 3.05) is 21.3 Å². The number of esters is 1. The van der Waals surface area contributed by atoms with Crippen molar-refractivity contribution in [1.82, 2.24) is 0 Å². The molecule has 0 fully saturated rings. The summed E-state index contributed by atoms with van der Waals surface area (Å²) in [5, 5.41) is 11.5. The van der Waals surface area contributed by atoms with Crippen molar-refractivity contribution in [3.63, 3.8) is 0 Å². The van der Waals surface area contributed by atoms with Crippen LogP contribution in [0.15, 0.2) is 57.9 Å². The van der Waals surface area contributed by atoms with Gasteiger partial charge in [0.15, 0.2) is 5.71 Å². The molecule has 31 heavy (non-hydrogen) atoms. The summed E-state index contributed by atoms with van der Waals surface area (Å²) in [5.74, 6) is -1.12. The van der Waals surface area contributed by atoms with Gasteiger partial charge in [0.2, 0.25) is 0 Å². The van der Waals surface area contributed by atoms with Crippen LogP contribution in [0.2, 0.25) is 0 Å². The quantitative estimate of drug-likeness (QED) is 0.344. The van der Waals surface area contributed by atoms with Crippen molar-refractivity contribution in [2.24, 2.45) is 15.5 Å². The predicted octanol–water partition coefficient (Wildman–Crippen LogP) is 3.77. The summed E-state index contributed by atoms with van der Waals surface area (Å²) in [6.07, 6.45) is 0.659. The van der Waals surface area contributed by atoms with Gasteiger partial charge in [-0.1, -0.05) is 45.8 Å². The third-order valence-corrected chi connectivity index (χ3v) is 4.20. The molecule has 0 aliphatic carbocycles. The maximum atomic E-state index is 14.3. The van der Waals surface area contributed by atoms with E-state index in [0.29, 0.717) is 11.1 Å². The molecule has 0 saturated carbocycles. The number of benzene rings is 2. The van der Waals surface area contributed by atoms with Crippen LogP contribution in [-0.4, -0.2) is 44.9 Å². The molecule has 2 aromatic carbocycles. The maximum absolute atomic E-state index is 14.3. The van der Waals surface area contributed by atoms with Gasteiger partial charge in [0.1, 0.15) is 31.9 Å². The normalized spacial score (nSPS) is 13.1. The molecule has 8 nitrogen and oxygen atoms in total. The Labute approximate surface area is 179 Å². The number of aryl methyl sites for hydroxylation is 1. The Morgan fingerprint density at radius 1 is 1.03 bits per heavy atom. The second-order valence-electron chi connectivity index (χ2n) is 6.33. The number of methoxy groups -OCH3 is 1. The van der Waals surface area contributed by atoms with Gasteiger partial charge in [-0.15, -0.1) is 0 Å². The van der Waals surface area contributed by atoms with Crippen LogP contribution in [-0.2, 0) is 24.0 Å². The van der Waals surface area contributed by atoms with Gasteiger partial charge < -0.3 is 19.2 Å². The SMILES string of the molecule is CON=C(C=NOC(C)c1ccccc1C(=NOC)C(=O)OC)c1ccc(C)cc1F. The monoisotopic (exact) mass is 429 g/mol. The molecule has 0 N–H and O–H groups in total. The minimum atomic E-state index is -0.658. The van der Waals surface area contributed by atoms with E-state index in [0.717, 1.165) is 5.56 Å². The Bertz CT molecular complexity index is 1000. The molecule has 1 unspecified atom stereocenters. The first-order valence-corrected chi connectivity index (χ1v) is 9.28. The Morgan fingerprint density at radius 3 is 2.39 bits per heavy atom. The number of carbonyl (C=O) groups excluding carboxylic acids is 1. The summed E-state index contributed by atoms with van der Waals surface area (Å²) in [5.41, 5.74) is 2.21. The fraction of sp³-hybridized carbons (Fsp3) is 0.273. The van der Waals surface area contributed by atoms with E-state index in [9.17, 15) is 9.18 Å². The fourth-order valence-corrected chi connectivity index (χ4v) is 2.75. The average molecular weight is 429 g/mol. The fourth-order valence-electron chi connectivity index (χ4n) is 2.75. The summed E-state index contributed by atoms with van der Waals surface area (Å²) in [6, 6.07) is 11.7. The number of rotatable bonds is 9. The molecule has 0 radical (unpaired) electrons. The van der Waals surface area contributed by atoms with E-state index in [-0.39, 0.29) is 17.0 Å². The maximum Gasteiger partial charge on any atom is 0.360 e. The Kier molecular flexibility index (Phi) is 8.68. The molecule has 0 saturated heterocycles. The van der Waals surface area contributed by atoms with Crippen molar-refractivity contribution >= 4 is 23.6 Å². The van der Waals surface area contributed by atoms with Crippen LogP contribution in [0.4, 0.5) is 4.39 Å². The van der Waals surface area contributed by atoms with Gasteiger partial charge in [0, 0.05) is 16.7 Å². The van der Waals surface area contributed by atoms with E-state index in [1.54, 1.807) is 50.2 Å². The summed E-state index contributed by atoms with van der Waals surface area (Å²) < 4.78 is 19.1. The van der Waals surface area contributed by atoms with Gasteiger partial charge in [-0.05, 0) is 31.5 Å². The number of oxime groups is 3. The molecule has 2 rings (SSSR count).